The molecule has 0 saturated carbocycles. The van der Waals surface area contributed by atoms with Gasteiger partial charge in [0.1, 0.15) is 11.5 Å². The molecule has 1 unspecified atom stereocenters. The third kappa shape index (κ3) is 4.74. The van der Waals surface area contributed by atoms with Crippen molar-refractivity contribution in [2.45, 2.75) is 19.4 Å². The number of amides is 1. The Labute approximate surface area is 101 Å². The minimum absolute atomic E-state index is 0.347. The van der Waals surface area contributed by atoms with Crippen LogP contribution in [0.15, 0.2) is 24.3 Å². The summed E-state index contributed by atoms with van der Waals surface area (Å²) < 4.78 is 10.8. The van der Waals surface area contributed by atoms with E-state index in [0.717, 1.165) is 5.75 Å². The van der Waals surface area contributed by atoms with E-state index in [-0.39, 0.29) is 0 Å². The Balaban J connectivity index is 2.41. The molecule has 0 heterocycles. The fraction of sp³-hybridized carbons (Fsp3) is 0.417. The number of hydrogen-bond donors (Lipinski definition) is 2. The number of nitrogens with two attached hydrogens (primary N) is 2. The zero-order valence-electron chi connectivity index (χ0n) is 9.89. The lowest BCUT2D eigenvalue weighted by molar-refractivity contribution is -0.119. The van der Waals surface area contributed by atoms with Gasteiger partial charge in [0.2, 0.25) is 5.91 Å². The van der Waals surface area contributed by atoms with E-state index in [1.54, 1.807) is 6.07 Å². The van der Waals surface area contributed by atoms with Crippen LogP contribution in [0.5, 0.6) is 11.5 Å². The van der Waals surface area contributed by atoms with Gasteiger partial charge in [0.25, 0.3) is 0 Å². The van der Waals surface area contributed by atoms with E-state index < -0.39 is 11.9 Å². The van der Waals surface area contributed by atoms with Crippen molar-refractivity contribution in [2.24, 2.45) is 11.5 Å². The largest absolute Gasteiger partial charge is 0.494 e. The summed E-state index contributed by atoms with van der Waals surface area (Å²) in [5.41, 5.74) is 10.5. The van der Waals surface area contributed by atoms with E-state index in [4.69, 9.17) is 20.9 Å². The number of primary amides is 1. The Bertz CT molecular complexity index is 369. The third-order valence-corrected chi connectivity index (χ3v) is 2.18. The highest BCUT2D eigenvalue weighted by Crippen LogP contribution is 2.19. The highest BCUT2D eigenvalue weighted by atomic mass is 16.5. The van der Waals surface area contributed by atoms with Crippen LogP contribution < -0.4 is 20.9 Å². The predicted octanol–water partition coefficient (Wildman–Crippen LogP) is 0.667. The molecule has 0 fully saturated rings. The molecule has 0 radical (unpaired) electrons. The smallest absolute Gasteiger partial charge is 0.234 e. The Morgan fingerprint density at radius 3 is 2.59 bits per heavy atom. The molecular weight excluding hydrogens is 220 g/mol. The van der Waals surface area contributed by atoms with Gasteiger partial charge < -0.3 is 20.9 Å². The molecule has 0 aliphatic rings. The van der Waals surface area contributed by atoms with Crippen LogP contribution in [0.2, 0.25) is 0 Å². The normalized spacial score (nSPS) is 11.9. The highest BCUT2D eigenvalue weighted by molar-refractivity contribution is 5.79. The first-order valence-electron chi connectivity index (χ1n) is 5.54. The van der Waals surface area contributed by atoms with Gasteiger partial charge in [0.15, 0.2) is 0 Å². The zero-order chi connectivity index (χ0) is 12.7. The van der Waals surface area contributed by atoms with Gasteiger partial charge in [-0.05, 0) is 19.1 Å². The topological polar surface area (TPSA) is 87.6 Å². The summed E-state index contributed by atoms with van der Waals surface area (Å²) in [7, 11) is 0. The molecule has 1 amide bonds. The molecule has 94 valence electrons. The lowest BCUT2D eigenvalue weighted by Crippen LogP contribution is -2.37. The van der Waals surface area contributed by atoms with E-state index in [0.29, 0.717) is 25.4 Å². The zero-order valence-corrected chi connectivity index (χ0v) is 9.89. The predicted molar refractivity (Wildman–Crippen MR) is 64.9 cm³/mol. The average molecular weight is 238 g/mol. The summed E-state index contributed by atoms with van der Waals surface area (Å²) in [4.78, 5) is 10.7. The van der Waals surface area contributed by atoms with Gasteiger partial charge in [-0.25, -0.2) is 0 Å². The van der Waals surface area contributed by atoms with Crippen molar-refractivity contribution in [3.8, 4) is 11.5 Å². The van der Waals surface area contributed by atoms with Crippen LogP contribution in [-0.2, 0) is 4.79 Å². The summed E-state index contributed by atoms with van der Waals surface area (Å²) in [6.45, 7) is 2.87. The molecule has 5 heteroatoms. The minimum atomic E-state index is -0.662. The lowest BCUT2D eigenvalue weighted by Gasteiger charge is -2.10. The molecule has 0 aromatic heterocycles. The summed E-state index contributed by atoms with van der Waals surface area (Å²) >= 11 is 0. The van der Waals surface area contributed by atoms with Crippen molar-refractivity contribution in [3.63, 3.8) is 0 Å². The second kappa shape index (κ2) is 6.75. The highest BCUT2D eigenvalue weighted by Gasteiger charge is 2.08. The van der Waals surface area contributed by atoms with Crippen molar-refractivity contribution in [1.82, 2.24) is 0 Å². The second-order valence-electron chi connectivity index (χ2n) is 3.55. The van der Waals surface area contributed by atoms with E-state index in [1.807, 2.05) is 25.1 Å². The summed E-state index contributed by atoms with van der Waals surface area (Å²) in [5.74, 6) is 0.925. The molecule has 4 N–H and O–H groups in total. The van der Waals surface area contributed by atoms with E-state index in [9.17, 15) is 4.79 Å². The van der Waals surface area contributed by atoms with Crippen LogP contribution in [0.25, 0.3) is 0 Å². The molecule has 0 aliphatic carbocycles. The number of carbonyl (C=O) groups is 1. The average Bonchev–Trinajstić information content (AvgIpc) is 2.29. The van der Waals surface area contributed by atoms with Crippen molar-refractivity contribution in [2.75, 3.05) is 13.2 Å². The summed E-state index contributed by atoms with van der Waals surface area (Å²) in [6, 6.07) is 6.64. The number of carbonyl (C=O) groups excluding carboxylic acids is 1. The molecule has 1 aromatic carbocycles. The number of hydrogen-bond acceptors (Lipinski definition) is 4. The molecule has 0 aliphatic heterocycles. The van der Waals surface area contributed by atoms with Crippen LogP contribution in [0.4, 0.5) is 0 Å². The Kier molecular flexibility index (Phi) is 5.29. The Morgan fingerprint density at radius 2 is 2.00 bits per heavy atom. The third-order valence-electron chi connectivity index (χ3n) is 2.18. The molecule has 1 atom stereocenters. The van der Waals surface area contributed by atoms with Crippen molar-refractivity contribution in [3.05, 3.63) is 24.3 Å². The Hall–Kier alpha value is -1.75. The molecule has 0 bridgehead atoms. The van der Waals surface area contributed by atoms with Crippen LogP contribution in [-0.4, -0.2) is 25.2 Å². The van der Waals surface area contributed by atoms with Crippen LogP contribution >= 0.6 is 0 Å². The number of rotatable bonds is 7. The molecule has 17 heavy (non-hydrogen) atoms. The van der Waals surface area contributed by atoms with Gasteiger partial charge in [0, 0.05) is 12.5 Å². The van der Waals surface area contributed by atoms with E-state index >= 15 is 0 Å². The van der Waals surface area contributed by atoms with E-state index in [1.165, 1.54) is 0 Å². The van der Waals surface area contributed by atoms with Crippen molar-refractivity contribution < 1.29 is 14.3 Å². The fourth-order valence-corrected chi connectivity index (χ4v) is 1.27. The molecular formula is C12H18N2O3. The Morgan fingerprint density at radius 1 is 1.35 bits per heavy atom. The second-order valence-corrected chi connectivity index (χ2v) is 3.55. The molecule has 1 rings (SSSR count). The molecule has 0 saturated heterocycles. The standard InChI is InChI=1S/C12H18N2O3/c1-2-16-9-4-3-5-10(8-9)17-7-6-11(13)12(14)15/h3-5,8,11H,2,6-7,13H2,1H3,(H2,14,15). The van der Waals surface area contributed by atoms with Crippen molar-refractivity contribution in [1.29, 1.82) is 0 Å². The van der Waals surface area contributed by atoms with Gasteiger partial charge in [-0.2, -0.15) is 0 Å². The van der Waals surface area contributed by atoms with Crippen LogP contribution in [0.1, 0.15) is 13.3 Å². The van der Waals surface area contributed by atoms with E-state index in [2.05, 4.69) is 0 Å². The number of benzene rings is 1. The first kappa shape index (κ1) is 13.3. The van der Waals surface area contributed by atoms with Gasteiger partial charge in [-0.1, -0.05) is 6.07 Å². The van der Waals surface area contributed by atoms with Gasteiger partial charge in [-0.3, -0.25) is 4.79 Å². The molecule has 0 spiro atoms. The first-order chi connectivity index (χ1) is 8.13. The number of ether oxygens (including phenoxy) is 2. The first-order valence-corrected chi connectivity index (χ1v) is 5.54. The maximum absolute atomic E-state index is 10.7. The maximum atomic E-state index is 10.7. The summed E-state index contributed by atoms with van der Waals surface area (Å²) in [5, 5.41) is 0. The fourth-order valence-electron chi connectivity index (χ4n) is 1.27. The van der Waals surface area contributed by atoms with Gasteiger partial charge in [-0.15, -0.1) is 0 Å². The van der Waals surface area contributed by atoms with Gasteiger partial charge in [0.05, 0.1) is 19.3 Å². The van der Waals surface area contributed by atoms with Crippen LogP contribution in [0, 0.1) is 0 Å². The lowest BCUT2D eigenvalue weighted by atomic mass is 10.2. The minimum Gasteiger partial charge on any atom is -0.494 e. The maximum Gasteiger partial charge on any atom is 0.234 e. The molecule has 5 nitrogen and oxygen atoms in total. The molecule has 1 aromatic rings. The monoisotopic (exact) mass is 238 g/mol. The summed E-state index contributed by atoms with van der Waals surface area (Å²) in [6.07, 6.45) is 0.397. The SMILES string of the molecule is CCOc1cccc(OCCC(N)C(N)=O)c1. The van der Waals surface area contributed by atoms with Crippen molar-refractivity contribution >= 4 is 5.91 Å². The van der Waals surface area contributed by atoms with Crippen LogP contribution in [0.3, 0.4) is 0 Å². The van der Waals surface area contributed by atoms with Gasteiger partial charge >= 0.3 is 0 Å². The quantitative estimate of drug-likeness (QED) is 0.730.